The second kappa shape index (κ2) is 76.0. The molecule has 0 rings (SSSR count). The lowest BCUT2D eigenvalue weighted by Crippen LogP contribution is -2.29. The first-order chi connectivity index (χ1) is 44.3. The summed E-state index contributed by atoms with van der Waals surface area (Å²) in [6.07, 6.45) is 98.3. The van der Waals surface area contributed by atoms with Crippen LogP contribution in [0.1, 0.15) is 418 Å². The van der Waals surface area contributed by atoms with Crippen molar-refractivity contribution >= 4 is 19.8 Å². The zero-order chi connectivity index (χ0) is 65.1. The Labute approximate surface area is 559 Å². The maximum Gasteiger partial charge on any atom is 0.472 e. The summed E-state index contributed by atoms with van der Waals surface area (Å²) in [4.78, 5) is 35.4. The van der Waals surface area contributed by atoms with Crippen molar-refractivity contribution in [3.05, 3.63) is 48.6 Å². The molecule has 530 valence electrons. The van der Waals surface area contributed by atoms with Gasteiger partial charge in [0, 0.05) is 19.4 Å². The number of hydrogen-bond acceptors (Lipinski definition) is 8. The van der Waals surface area contributed by atoms with Gasteiger partial charge in [-0.3, -0.25) is 18.6 Å². The number of carbonyl (C=O) groups is 2. The highest BCUT2D eigenvalue weighted by molar-refractivity contribution is 7.47. The van der Waals surface area contributed by atoms with Crippen LogP contribution < -0.4 is 5.73 Å². The van der Waals surface area contributed by atoms with Crippen molar-refractivity contribution in [1.29, 1.82) is 0 Å². The van der Waals surface area contributed by atoms with E-state index in [-0.39, 0.29) is 38.6 Å². The minimum absolute atomic E-state index is 0.0556. The number of ether oxygens (including phenoxy) is 2. The average Bonchev–Trinajstić information content (AvgIpc) is 3.75. The van der Waals surface area contributed by atoms with E-state index >= 15 is 0 Å². The van der Waals surface area contributed by atoms with Crippen LogP contribution in [0.5, 0.6) is 0 Å². The predicted octanol–water partition coefficient (Wildman–Crippen LogP) is 26.4. The molecule has 2 atom stereocenters. The number of unbranched alkanes of at least 4 members (excludes halogenated alkanes) is 55. The van der Waals surface area contributed by atoms with Crippen LogP contribution in [-0.4, -0.2) is 49.3 Å². The van der Waals surface area contributed by atoms with Gasteiger partial charge < -0.3 is 20.1 Å². The van der Waals surface area contributed by atoms with E-state index in [9.17, 15) is 19.0 Å². The summed E-state index contributed by atoms with van der Waals surface area (Å²) in [5, 5.41) is 0. The summed E-state index contributed by atoms with van der Waals surface area (Å²) < 4.78 is 33.3. The Morgan fingerprint density at radius 1 is 0.344 bits per heavy atom. The Balaban J connectivity index is 3.74. The summed E-state index contributed by atoms with van der Waals surface area (Å²) in [6, 6.07) is 0. The molecular formula is C80H152NO8P. The van der Waals surface area contributed by atoms with Gasteiger partial charge in [-0.1, -0.05) is 403 Å². The average molecular weight is 1290 g/mol. The molecule has 0 saturated carbocycles. The van der Waals surface area contributed by atoms with Crippen molar-refractivity contribution < 1.29 is 37.6 Å². The van der Waals surface area contributed by atoms with E-state index in [1.165, 1.54) is 327 Å². The normalized spacial score (nSPS) is 13.1. The van der Waals surface area contributed by atoms with E-state index < -0.39 is 26.5 Å². The van der Waals surface area contributed by atoms with Gasteiger partial charge in [0.05, 0.1) is 13.2 Å². The van der Waals surface area contributed by atoms with Gasteiger partial charge in [-0.2, -0.15) is 0 Å². The minimum atomic E-state index is -4.39. The standard InChI is InChI=1S/C80H152NO8P/c1-3-5-7-9-11-13-15-17-19-21-23-25-27-29-31-33-35-36-37-38-39-40-41-43-44-46-48-50-52-54-56-58-60-62-64-66-68-70-72-79(82)86-76-78(77-88-90(84,85)87-75-74-81)89-80(83)73-71-69-67-65-63-61-59-57-55-53-51-49-47-45-42-34-32-30-28-26-24-22-20-18-16-14-12-10-8-6-4-2/h6,8,12,14,18,20,24,26,78H,3-5,7,9-11,13,15-17,19,21-23,25,27-77,81H2,1-2H3,(H,84,85)/b8-6-,14-12-,20-18-,26-24-. The molecule has 0 heterocycles. The van der Waals surface area contributed by atoms with Crippen LogP contribution in [0.15, 0.2) is 48.6 Å². The van der Waals surface area contributed by atoms with Gasteiger partial charge in [-0.25, -0.2) is 4.57 Å². The van der Waals surface area contributed by atoms with Gasteiger partial charge in [-0.05, 0) is 51.4 Å². The molecule has 0 aromatic carbocycles. The van der Waals surface area contributed by atoms with Gasteiger partial charge in [0.1, 0.15) is 6.61 Å². The highest BCUT2D eigenvalue weighted by Gasteiger charge is 2.26. The fourth-order valence-corrected chi connectivity index (χ4v) is 12.9. The number of nitrogens with two attached hydrogens (primary N) is 1. The van der Waals surface area contributed by atoms with Gasteiger partial charge in [-0.15, -0.1) is 0 Å². The molecule has 0 radical (unpaired) electrons. The van der Waals surface area contributed by atoms with Crippen molar-refractivity contribution in [3.63, 3.8) is 0 Å². The quantitative estimate of drug-likeness (QED) is 0.0264. The molecule has 0 aromatic rings. The number of phosphoric ester groups is 1. The first kappa shape index (κ1) is 88.0. The van der Waals surface area contributed by atoms with Crippen LogP contribution in [-0.2, 0) is 32.7 Å². The van der Waals surface area contributed by atoms with Gasteiger partial charge in [0.15, 0.2) is 6.10 Å². The third-order valence-electron chi connectivity index (χ3n) is 18.0. The Morgan fingerprint density at radius 3 is 0.911 bits per heavy atom. The Bertz CT molecular complexity index is 1620. The van der Waals surface area contributed by atoms with Crippen LogP contribution >= 0.6 is 7.82 Å². The largest absolute Gasteiger partial charge is 0.472 e. The SMILES string of the molecule is CC/C=C\C/C=C\C/C=C\C/C=C\CCCCCCCCCCCCCCCCCCCCC(=O)OC(COC(=O)CCCCCCCCCCCCCCCCCCCCCCCCCCCCCCCCCCCCCCCC)COP(=O)(O)OCCN. The smallest absolute Gasteiger partial charge is 0.462 e. The van der Waals surface area contributed by atoms with E-state index in [0.29, 0.717) is 6.42 Å². The van der Waals surface area contributed by atoms with Crippen molar-refractivity contribution in [2.45, 2.75) is 424 Å². The molecular weight excluding hydrogens is 1130 g/mol. The number of esters is 2. The zero-order valence-electron chi connectivity index (χ0n) is 59.9. The summed E-state index contributed by atoms with van der Waals surface area (Å²) in [5.41, 5.74) is 5.41. The Kier molecular flexibility index (Phi) is 74.3. The summed E-state index contributed by atoms with van der Waals surface area (Å²) in [5.74, 6) is -0.803. The fraction of sp³-hybridized carbons (Fsp3) is 0.875. The molecule has 90 heavy (non-hydrogen) atoms. The van der Waals surface area contributed by atoms with Crippen LogP contribution in [0.25, 0.3) is 0 Å². The lowest BCUT2D eigenvalue weighted by molar-refractivity contribution is -0.161. The van der Waals surface area contributed by atoms with Crippen LogP contribution in [0.3, 0.4) is 0 Å². The van der Waals surface area contributed by atoms with Gasteiger partial charge in [0.2, 0.25) is 0 Å². The molecule has 0 saturated heterocycles. The molecule has 0 fully saturated rings. The van der Waals surface area contributed by atoms with Crippen molar-refractivity contribution in [1.82, 2.24) is 0 Å². The number of carbonyl (C=O) groups excluding carboxylic acids is 2. The molecule has 0 bridgehead atoms. The maximum absolute atomic E-state index is 12.8. The molecule has 9 nitrogen and oxygen atoms in total. The first-order valence-electron chi connectivity index (χ1n) is 39.6. The van der Waals surface area contributed by atoms with E-state index in [1.54, 1.807) is 0 Å². The van der Waals surface area contributed by atoms with Crippen LogP contribution in [0.2, 0.25) is 0 Å². The van der Waals surface area contributed by atoms with Gasteiger partial charge >= 0.3 is 19.8 Å². The minimum Gasteiger partial charge on any atom is -0.462 e. The van der Waals surface area contributed by atoms with Crippen LogP contribution in [0.4, 0.5) is 0 Å². The molecule has 0 aliphatic carbocycles. The monoisotopic (exact) mass is 1290 g/mol. The lowest BCUT2D eigenvalue weighted by Gasteiger charge is -2.19. The second-order valence-electron chi connectivity index (χ2n) is 26.9. The first-order valence-corrected chi connectivity index (χ1v) is 41.1. The third kappa shape index (κ3) is 75.0. The summed E-state index contributed by atoms with van der Waals surface area (Å²) >= 11 is 0. The molecule has 0 spiro atoms. The van der Waals surface area contributed by atoms with Crippen molar-refractivity contribution in [2.75, 3.05) is 26.4 Å². The number of hydrogen-bond donors (Lipinski definition) is 2. The Hall–Kier alpha value is -2.03. The van der Waals surface area contributed by atoms with Crippen molar-refractivity contribution in [3.8, 4) is 0 Å². The van der Waals surface area contributed by atoms with Crippen LogP contribution in [0, 0.1) is 0 Å². The molecule has 2 unspecified atom stereocenters. The molecule has 10 heteroatoms. The third-order valence-corrected chi connectivity index (χ3v) is 19.0. The lowest BCUT2D eigenvalue weighted by atomic mass is 10.0. The molecule has 0 aliphatic heterocycles. The molecule has 0 aromatic heterocycles. The fourth-order valence-electron chi connectivity index (χ4n) is 12.2. The second-order valence-corrected chi connectivity index (χ2v) is 28.4. The topological polar surface area (TPSA) is 134 Å². The van der Waals surface area contributed by atoms with E-state index in [0.717, 1.165) is 57.8 Å². The van der Waals surface area contributed by atoms with Gasteiger partial charge in [0.25, 0.3) is 0 Å². The van der Waals surface area contributed by atoms with E-state index in [1.807, 2.05) is 0 Å². The summed E-state index contributed by atoms with van der Waals surface area (Å²) in [6.45, 7) is 3.71. The predicted molar refractivity (Wildman–Crippen MR) is 390 cm³/mol. The zero-order valence-corrected chi connectivity index (χ0v) is 60.8. The number of phosphoric acid groups is 1. The Morgan fingerprint density at radius 2 is 0.611 bits per heavy atom. The summed E-state index contributed by atoms with van der Waals surface area (Å²) in [7, 11) is -4.39. The highest BCUT2D eigenvalue weighted by Crippen LogP contribution is 2.43. The maximum atomic E-state index is 12.8. The van der Waals surface area contributed by atoms with E-state index in [2.05, 4.69) is 62.5 Å². The highest BCUT2D eigenvalue weighted by atomic mass is 31.2. The molecule has 3 N–H and O–H groups in total. The van der Waals surface area contributed by atoms with Crippen molar-refractivity contribution in [2.24, 2.45) is 5.73 Å². The van der Waals surface area contributed by atoms with E-state index in [4.69, 9.17) is 24.3 Å². The number of rotatable bonds is 76. The molecule has 0 amide bonds. The molecule has 0 aliphatic rings. The number of allylic oxidation sites excluding steroid dienone is 8.